The number of ether oxygens (including phenoxy) is 1. The summed E-state index contributed by atoms with van der Waals surface area (Å²) >= 11 is 0. The minimum Gasteiger partial charge on any atom is -0.398 e. The van der Waals surface area contributed by atoms with Crippen molar-refractivity contribution in [2.75, 3.05) is 43.7 Å². The van der Waals surface area contributed by atoms with Crippen LogP contribution in [0.3, 0.4) is 0 Å². The lowest BCUT2D eigenvalue weighted by molar-refractivity contribution is 0.0745. The summed E-state index contributed by atoms with van der Waals surface area (Å²) in [5.74, 6) is -0.356. The van der Waals surface area contributed by atoms with Crippen LogP contribution in [0.5, 0.6) is 0 Å². The van der Waals surface area contributed by atoms with Gasteiger partial charge in [-0.25, -0.2) is 4.98 Å². The van der Waals surface area contributed by atoms with Crippen LogP contribution in [0.2, 0.25) is 0 Å². The first-order valence-corrected chi connectivity index (χ1v) is 14.3. The average Bonchev–Trinajstić information content (AvgIpc) is 2.98. The molecule has 0 aliphatic rings. The smallest absolute Gasteiger partial charge is 0.293 e. The molecule has 0 bridgehead atoms. The van der Waals surface area contributed by atoms with Crippen LogP contribution < -0.4 is 21.9 Å². The van der Waals surface area contributed by atoms with E-state index in [1.54, 1.807) is 45.6 Å². The second-order valence-electron chi connectivity index (χ2n) is 11.8. The molecule has 4 N–H and O–H groups in total. The fourth-order valence-corrected chi connectivity index (χ4v) is 4.69. The van der Waals surface area contributed by atoms with Crippen LogP contribution in [-0.2, 0) is 17.2 Å². The molecule has 4 rings (SSSR count). The molecular formula is C34H40N6O4. The molecule has 1 aromatic heterocycles. The molecule has 0 radical (unpaired) electrons. The summed E-state index contributed by atoms with van der Waals surface area (Å²) in [5.41, 5.74) is 11.4. The van der Waals surface area contributed by atoms with Crippen molar-refractivity contribution < 1.29 is 14.3 Å². The number of carbonyl (C=O) groups excluding carboxylic acids is 2. The summed E-state index contributed by atoms with van der Waals surface area (Å²) in [6.07, 6.45) is 1.65. The monoisotopic (exact) mass is 596 g/mol. The number of aromatic nitrogens is 2. The minimum absolute atomic E-state index is 0.00732. The minimum atomic E-state index is -0.340. The summed E-state index contributed by atoms with van der Waals surface area (Å²) in [6, 6.07) is 18.1. The third-order valence-electron chi connectivity index (χ3n) is 7.46. The summed E-state index contributed by atoms with van der Waals surface area (Å²) in [4.78, 5) is 45.1. The molecule has 0 atom stereocenters. The summed E-state index contributed by atoms with van der Waals surface area (Å²) in [5, 5.41) is 6.07. The predicted molar refractivity (Wildman–Crippen MR) is 176 cm³/mol. The van der Waals surface area contributed by atoms with Crippen LogP contribution in [-0.4, -0.2) is 53.6 Å². The van der Waals surface area contributed by atoms with Gasteiger partial charge in [-0.1, -0.05) is 45.0 Å². The molecule has 3 aromatic carbocycles. The zero-order valence-electron chi connectivity index (χ0n) is 26.3. The first-order valence-electron chi connectivity index (χ1n) is 14.3. The Morgan fingerprint density at radius 2 is 1.77 bits per heavy atom. The fraction of sp³-hybridized carbons (Fsp3) is 0.294. The molecule has 0 fully saturated rings. The first-order chi connectivity index (χ1) is 20.8. The maximum Gasteiger partial charge on any atom is 0.293 e. The van der Waals surface area contributed by atoms with Crippen molar-refractivity contribution in [1.29, 1.82) is 0 Å². The molecule has 44 heavy (non-hydrogen) atoms. The van der Waals surface area contributed by atoms with Crippen LogP contribution in [0.4, 0.5) is 22.9 Å². The van der Waals surface area contributed by atoms with Gasteiger partial charge in [-0.3, -0.25) is 14.4 Å². The normalized spacial score (nSPS) is 11.2. The zero-order chi connectivity index (χ0) is 32.2. The molecule has 4 aromatic rings. The van der Waals surface area contributed by atoms with Gasteiger partial charge in [0.2, 0.25) is 0 Å². The van der Waals surface area contributed by atoms with E-state index >= 15 is 0 Å². The number of amides is 2. The molecule has 2 amide bonds. The third-order valence-corrected chi connectivity index (χ3v) is 7.46. The number of rotatable bonds is 9. The molecule has 0 saturated heterocycles. The van der Waals surface area contributed by atoms with E-state index in [4.69, 9.17) is 10.5 Å². The zero-order valence-corrected chi connectivity index (χ0v) is 26.3. The molecule has 10 heteroatoms. The summed E-state index contributed by atoms with van der Waals surface area (Å²) < 4.78 is 6.49. The number of carbonyl (C=O) groups is 2. The van der Waals surface area contributed by atoms with Gasteiger partial charge in [0.15, 0.2) is 5.82 Å². The van der Waals surface area contributed by atoms with E-state index in [0.717, 1.165) is 16.7 Å². The number of aryl methyl sites for hydroxylation is 1. The van der Waals surface area contributed by atoms with Crippen molar-refractivity contribution in [3.05, 3.63) is 99.5 Å². The van der Waals surface area contributed by atoms with Crippen molar-refractivity contribution in [2.24, 2.45) is 7.05 Å². The first kappa shape index (κ1) is 32.0. The third kappa shape index (κ3) is 7.15. The Kier molecular flexibility index (Phi) is 9.54. The Labute approximate surface area is 257 Å². The van der Waals surface area contributed by atoms with Crippen LogP contribution in [0.15, 0.2) is 71.7 Å². The van der Waals surface area contributed by atoms with E-state index in [-0.39, 0.29) is 34.3 Å². The Balaban J connectivity index is 1.58. The number of nitrogen functional groups attached to an aromatic ring is 1. The van der Waals surface area contributed by atoms with E-state index in [9.17, 15) is 14.4 Å². The number of benzene rings is 3. The van der Waals surface area contributed by atoms with Gasteiger partial charge in [0.1, 0.15) is 0 Å². The van der Waals surface area contributed by atoms with E-state index in [1.807, 2.05) is 49.4 Å². The van der Waals surface area contributed by atoms with Crippen molar-refractivity contribution in [2.45, 2.75) is 33.1 Å². The Morgan fingerprint density at radius 3 is 2.41 bits per heavy atom. The SMILES string of the molecule is COCCN(C)C(=O)c1ccc(Nc2nc(-c3cccc(NC(=O)c4ccc(C(C)(C)C)cc4)c3C)cn(C)c2=O)cc1N. The Morgan fingerprint density at radius 1 is 1.07 bits per heavy atom. The lowest BCUT2D eigenvalue weighted by atomic mass is 9.86. The van der Waals surface area contributed by atoms with Gasteiger partial charge in [0.25, 0.3) is 17.4 Å². The van der Waals surface area contributed by atoms with Crippen LogP contribution >= 0.6 is 0 Å². The van der Waals surface area contributed by atoms with Gasteiger partial charge in [-0.2, -0.15) is 0 Å². The molecule has 230 valence electrons. The second-order valence-corrected chi connectivity index (χ2v) is 11.8. The van der Waals surface area contributed by atoms with Crippen molar-refractivity contribution >= 4 is 34.7 Å². The van der Waals surface area contributed by atoms with Crippen molar-refractivity contribution in [1.82, 2.24) is 14.5 Å². The van der Waals surface area contributed by atoms with Gasteiger partial charge in [-0.15, -0.1) is 0 Å². The molecular weight excluding hydrogens is 556 g/mol. The van der Waals surface area contributed by atoms with Crippen LogP contribution in [0, 0.1) is 6.92 Å². The number of anilines is 4. The van der Waals surface area contributed by atoms with Gasteiger partial charge in [0, 0.05) is 62.1 Å². The summed E-state index contributed by atoms with van der Waals surface area (Å²) in [6.45, 7) is 9.12. The van der Waals surface area contributed by atoms with Gasteiger partial charge >= 0.3 is 0 Å². The van der Waals surface area contributed by atoms with Crippen LogP contribution in [0.25, 0.3) is 11.3 Å². The average molecular weight is 597 g/mol. The maximum absolute atomic E-state index is 13.1. The number of nitrogens with two attached hydrogens (primary N) is 1. The van der Waals surface area contributed by atoms with Crippen LogP contribution in [0.1, 0.15) is 52.6 Å². The molecule has 0 aliphatic heterocycles. The van der Waals surface area contributed by atoms with Gasteiger partial charge in [0.05, 0.1) is 17.9 Å². The lowest BCUT2D eigenvalue weighted by Crippen LogP contribution is -2.30. The van der Waals surface area contributed by atoms with Gasteiger partial charge < -0.3 is 30.6 Å². The van der Waals surface area contributed by atoms with E-state index < -0.39 is 0 Å². The molecule has 0 aliphatic carbocycles. The summed E-state index contributed by atoms with van der Waals surface area (Å²) in [7, 11) is 4.90. The molecule has 0 unspecified atom stereocenters. The number of methoxy groups -OCH3 is 1. The highest BCUT2D eigenvalue weighted by molar-refractivity contribution is 6.05. The number of hydrogen-bond acceptors (Lipinski definition) is 7. The highest BCUT2D eigenvalue weighted by Gasteiger charge is 2.18. The fourth-order valence-electron chi connectivity index (χ4n) is 4.69. The van der Waals surface area contributed by atoms with E-state index in [1.165, 1.54) is 9.47 Å². The standard InChI is InChI=1S/C34H40N6O4/c1-21-25(9-8-10-28(21)38-31(41)22-11-13-23(14-12-22)34(2,3)4)29-20-40(6)33(43)30(37-29)36-24-15-16-26(27(35)19-24)32(42)39(5)17-18-44-7/h8-16,19-20H,17-18,35H2,1-7H3,(H,36,37)(H,38,41). The molecule has 10 nitrogen and oxygen atoms in total. The highest BCUT2D eigenvalue weighted by Crippen LogP contribution is 2.29. The van der Waals surface area contributed by atoms with Crippen molar-refractivity contribution in [3.63, 3.8) is 0 Å². The highest BCUT2D eigenvalue weighted by atomic mass is 16.5. The Hall–Kier alpha value is -4.96. The predicted octanol–water partition coefficient (Wildman–Crippen LogP) is 5.35. The second kappa shape index (κ2) is 13.1. The topological polar surface area (TPSA) is 132 Å². The maximum atomic E-state index is 13.1. The number of hydrogen-bond donors (Lipinski definition) is 3. The Bertz CT molecular complexity index is 1740. The number of likely N-dealkylation sites (N-methyl/N-ethyl adjacent to an activating group) is 1. The molecule has 0 saturated carbocycles. The largest absolute Gasteiger partial charge is 0.398 e. The lowest BCUT2D eigenvalue weighted by Gasteiger charge is -2.19. The van der Waals surface area contributed by atoms with Gasteiger partial charge in [-0.05, 0) is 59.9 Å². The van der Waals surface area contributed by atoms with E-state index in [0.29, 0.717) is 41.3 Å². The number of nitrogens with zero attached hydrogens (tertiary/aromatic N) is 3. The number of nitrogens with one attached hydrogen (secondary N) is 2. The van der Waals surface area contributed by atoms with E-state index in [2.05, 4.69) is 36.4 Å². The molecule has 1 heterocycles. The molecule has 0 spiro atoms. The van der Waals surface area contributed by atoms with Crippen molar-refractivity contribution in [3.8, 4) is 11.3 Å². The quantitative estimate of drug-likeness (QED) is 0.222.